The Kier molecular flexibility index (Phi) is 8.42. The summed E-state index contributed by atoms with van der Waals surface area (Å²) in [7, 11) is -3.94. The lowest BCUT2D eigenvalue weighted by molar-refractivity contribution is -0.138. The van der Waals surface area contributed by atoms with Crippen molar-refractivity contribution in [3.63, 3.8) is 0 Å². The fourth-order valence-corrected chi connectivity index (χ4v) is 6.39. The number of hydrogen-bond donors (Lipinski definition) is 2. The normalized spacial score (nSPS) is 27.4. The second kappa shape index (κ2) is 10.7. The van der Waals surface area contributed by atoms with Gasteiger partial charge in [0.05, 0.1) is 0 Å². The van der Waals surface area contributed by atoms with Gasteiger partial charge >= 0.3 is 0 Å². The number of amides is 3. The van der Waals surface area contributed by atoms with Crippen LogP contribution in [-0.4, -0.2) is 55.0 Å². The lowest BCUT2D eigenvalue weighted by Crippen LogP contribution is -2.44. The number of rotatable bonds is 13. The number of nitrogens with zero attached hydrogens (tertiary/aromatic N) is 1. The van der Waals surface area contributed by atoms with Crippen molar-refractivity contribution in [2.45, 2.75) is 82.4 Å². The van der Waals surface area contributed by atoms with E-state index >= 15 is 0 Å². The fourth-order valence-electron chi connectivity index (χ4n) is 4.97. The van der Waals surface area contributed by atoms with Crippen LogP contribution in [0, 0.1) is 23.7 Å². The molecule has 0 bridgehead atoms. The lowest BCUT2D eigenvalue weighted by Gasteiger charge is -2.24. The number of primary amides is 1. The predicted molar refractivity (Wildman–Crippen MR) is 126 cm³/mol. The molecule has 3 rings (SSSR count). The molecule has 1 saturated heterocycles. The molecule has 1 heterocycles. The van der Waals surface area contributed by atoms with Crippen LogP contribution in [0.15, 0.2) is 12.2 Å². The molecule has 5 atom stereocenters. The molecule has 3 N–H and O–H groups in total. The van der Waals surface area contributed by atoms with Gasteiger partial charge in [-0.25, -0.2) is 12.8 Å². The van der Waals surface area contributed by atoms with E-state index in [0.29, 0.717) is 31.7 Å². The average molecular weight is 500 g/mol. The van der Waals surface area contributed by atoms with Gasteiger partial charge in [0, 0.05) is 18.9 Å². The van der Waals surface area contributed by atoms with Gasteiger partial charge in [0.2, 0.25) is 27.7 Å². The molecule has 2 saturated carbocycles. The van der Waals surface area contributed by atoms with E-state index in [1.165, 1.54) is 0 Å². The molecule has 3 amide bonds. The Bertz CT molecular complexity index is 918. The number of nitrogens with two attached hydrogens (primary N) is 1. The third-order valence-electron chi connectivity index (χ3n) is 7.47. The van der Waals surface area contributed by atoms with Crippen molar-refractivity contribution >= 4 is 27.7 Å². The zero-order valence-corrected chi connectivity index (χ0v) is 21.0. The summed E-state index contributed by atoms with van der Waals surface area (Å²) in [5, 5.41) is 0. The molecule has 0 spiro atoms. The van der Waals surface area contributed by atoms with Crippen LogP contribution in [-0.2, 0) is 24.4 Å². The lowest BCUT2D eigenvalue weighted by atomic mass is 9.91. The molecule has 192 valence electrons. The average Bonchev–Trinajstić information content (AvgIpc) is 3.66. The molecule has 3 fully saturated rings. The van der Waals surface area contributed by atoms with E-state index in [9.17, 15) is 27.2 Å². The van der Waals surface area contributed by atoms with Crippen LogP contribution < -0.4 is 10.5 Å². The number of carbonyl (C=O) groups excluding carboxylic acids is 3. The van der Waals surface area contributed by atoms with Gasteiger partial charge in [-0.05, 0) is 69.1 Å². The van der Waals surface area contributed by atoms with Gasteiger partial charge in [-0.3, -0.25) is 19.1 Å². The molecule has 0 radical (unpaired) electrons. The second-order valence-electron chi connectivity index (χ2n) is 10.6. The first-order valence-electron chi connectivity index (χ1n) is 12.4. The van der Waals surface area contributed by atoms with E-state index in [4.69, 9.17) is 5.73 Å². The highest BCUT2D eigenvalue weighted by atomic mass is 32.2. The maximum Gasteiger partial charge on any atom is 0.243 e. The molecule has 8 nitrogen and oxygen atoms in total. The third-order valence-corrected chi connectivity index (χ3v) is 9.60. The Labute approximate surface area is 201 Å². The zero-order valence-electron chi connectivity index (χ0n) is 20.2. The molecular weight excluding hydrogens is 461 g/mol. The van der Waals surface area contributed by atoms with E-state index in [0.717, 1.165) is 25.7 Å². The van der Waals surface area contributed by atoms with E-state index in [1.807, 2.05) is 12.2 Å². The van der Waals surface area contributed by atoms with Crippen LogP contribution in [0.3, 0.4) is 0 Å². The third kappa shape index (κ3) is 6.37. The molecule has 3 aliphatic rings. The van der Waals surface area contributed by atoms with Crippen LogP contribution in [0.4, 0.5) is 4.39 Å². The van der Waals surface area contributed by atoms with Gasteiger partial charge in [-0.15, -0.1) is 0 Å². The van der Waals surface area contributed by atoms with Gasteiger partial charge in [0.25, 0.3) is 0 Å². The van der Waals surface area contributed by atoms with Crippen LogP contribution in [0.2, 0.25) is 0 Å². The minimum absolute atomic E-state index is 0.0000766. The van der Waals surface area contributed by atoms with Crippen LogP contribution >= 0.6 is 0 Å². The van der Waals surface area contributed by atoms with Crippen molar-refractivity contribution in [3.05, 3.63) is 12.2 Å². The SMILES string of the molecule is CC(CC/C=C\C1CC1C(=O)NS(=O)(=O)C1(CF)CC1)CC(C)CC(=O)N1CCCC1C(N)=O. The van der Waals surface area contributed by atoms with Crippen LogP contribution in [0.1, 0.15) is 71.6 Å². The monoisotopic (exact) mass is 499 g/mol. The smallest absolute Gasteiger partial charge is 0.243 e. The quantitative estimate of drug-likeness (QED) is 0.376. The van der Waals surface area contributed by atoms with Crippen LogP contribution in [0.5, 0.6) is 0 Å². The predicted octanol–water partition coefficient (Wildman–Crippen LogP) is 2.44. The standard InChI is InChI=1S/C24H38FN3O5S/c1-16(12-17(2)13-21(29)28-11-5-8-20(28)22(26)30)6-3-4-7-18-14-19(18)23(31)27-34(32,33)24(15-25)9-10-24/h4,7,16-20H,3,5-6,8-15H2,1-2H3,(H2,26,30)(H,27,31)/b7-4-. The van der Waals surface area contributed by atoms with Gasteiger partial charge in [0.15, 0.2) is 0 Å². The largest absolute Gasteiger partial charge is 0.368 e. The summed E-state index contributed by atoms with van der Waals surface area (Å²) in [6.45, 7) is 3.84. The number of nitrogens with one attached hydrogen (secondary N) is 1. The van der Waals surface area contributed by atoms with Crippen LogP contribution in [0.25, 0.3) is 0 Å². The first-order chi connectivity index (χ1) is 16.0. The molecule has 0 aromatic rings. The Morgan fingerprint density at radius 2 is 1.94 bits per heavy atom. The Morgan fingerprint density at radius 1 is 1.24 bits per heavy atom. The number of sulfonamides is 1. The summed E-state index contributed by atoms with van der Waals surface area (Å²) in [5.41, 5.74) is 5.41. The topological polar surface area (TPSA) is 127 Å². The number of likely N-dealkylation sites (tertiary alicyclic amines) is 1. The molecule has 5 unspecified atom stereocenters. The van der Waals surface area contributed by atoms with E-state index in [-0.39, 0.29) is 36.5 Å². The molecular formula is C24H38FN3O5S. The highest BCUT2D eigenvalue weighted by molar-refractivity contribution is 7.91. The minimum atomic E-state index is -3.94. The van der Waals surface area contributed by atoms with E-state index < -0.39 is 39.3 Å². The highest BCUT2D eigenvalue weighted by Gasteiger charge is 2.56. The van der Waals surface area contributed by atoms with E-state index in [2.05, 4.69) is 18.6 Å². The summed E-state index contributed by atoms with van der Waals surface area (Å²) in [5.74, 6) is -0.670. The van der Waals surface area contributed by atoms with Gasteiger partial charge < -0.3 is 10.6 Å². The number of halogens is 1. The summed E-state index contributed by atoms with van der Waals surface area (Å²) < 4.78 is 38.1. The van der Waals surface area contributed by atoms with Crippen molar-refractivity contribution in [2.75, 3.05) is 13.2 Å². The van der Waals surface area contributed by atoms with Gasteiger partial charge in [-0.1, -0.05) is 26.0 Å². The summed E-state index contributed by atoms with van der Waals surface area (Å²) in [6, 6.07) is -0.464. The molecule has 2 aliphatic carbocycles. The first kappa shape index (κ1) is 26.6. The Morgan fingerprint density at radius 3 is 2.56 bits per heavy atom. The summed E-state index contributed by atoms with van der Waals surface area (Å²) >= 11 is 0. The maximum absolute atomic E-state index is 13.0. The molecule has 0 aromatic carbocycles. The number of hydrogen-bond acceptors (Lipinski definition) is 5. The van der Waals surface area contributed by atoms with Crippen molar-refractivity contribution in [2.24, 2.45) is 29.4 Å². The molecule has 0 aromatic heterocycles. The molecule has 34 heavy (non-hydrogen) atoms. The highest BCUT2D eigenvalue weighted by Crippen LogP contribution is 2.45. The minimum Gasteiger partial charge on any atom is -0.368 e. The Hall–Kier alpha value is -1.97. The van der Waals surface area contributed by atoms with E-state index in [1.54, 1.807) is 4.90 Å². The van der Waals surface area contributed by atoms with Gasteiger partial charge in [0.1, 0.15) is 17.5 Å². The second-order valence-corrected chi connectivity index (χ2v) is 12.7. The summed E-state index contributed by atoms with van der Waals surface area (Å²) in [6.07, 6.45) is 9.69. The van der Waals surface area contributed by atoms with Crippen molar-refractivity contribution in [1.29, 1.82) is 0 Å². The molecule has 10 heteroatoms. The van der Waals surface area contributed by atoms with Gasteiger partial charge in [-0.2, -0.15) is 0 Å². The zero-order chi connectivity index (χ0) is 25.1. The number of carbonyl (C=O) groups is 3. The fraction of sp³-hybridized carbons (Fsp3) is 0.792. The molecule has 1 aliphatic heterocycles. The van der Waals surface area contributed by atoms with Crippen molar-refractivity contribution in [1.82, 2.24) is 9.62 Å². The Balaban J connectivity index is 1.32. The summed E-state index contributed by atoms with van der Waals surface area (Å²) in [4.78, 5) is 37.9. The number of allylic oxidation sites excluding steroid dienone is 2. The number of alkyl halides is 1. The van der Waals surface area contributed by atoms with Crippen molar-refractivity contribution < 1.29 is 27.2 Å². The maximum atomic E-state index is 13.0. The first-order valence-corrected chi connectivity index (χ1v) is 13.9. The van der Waals surface area contributed by atoms with Crippen molar-refractivity contribution in [3.8, 4) is 0 Å².